The van der Waals surface area contributed by atoms with Gasteiger partial charge in [-0.15, -0.1) is 0 Å². The van der Waals surface area contributed by atoms with E-state index in [1.807, 2.05) is 0 Å². The molecule has 86 valence electrons. The Labute approximate surface area is 103 Å². The summed E-state index contributed by atoms with van der Waals surface area (Å²) in [7, 11) is 0. The maximum absolute atomic E-state index is 2.31. The SMILES string of the molecule is CCc1ccc(C2Cc3ccccc3C2)cc1. The van der Waals surface area contributed by atoms with Gasteiger partial charge in [-0.3, -0.25) is 0 Å². The zero-order valence-corrected chi connectivity index (χ0v) is 10.3. The fraction of sp³-hybridized carbons (Fsp3) is 0.294. The highest BCUT2D eigenvalue weighted by molar-refractivity contribution is 5.38. The fourth-order valence-corrected chi connectivity index (χ4v) is 2.82. The van der Waals surface area contributed by atoms with Crippen LogP contribution in [0.3, 0.4) is 0 Å². The molecule has 0 radical (unpaired) electrons. The van der Waals surface area contributed by atoms with Crippen LogP contribution in [-0.2, 0) is 19.3 Å². The van der Waals surface area contributed by atoms with Crippen LogP contribution in [0.25, 0.3) is 0 Å². The van der Waals surface area contributed by atoms with Crippen molar-refractivity contribution in [1.82, 2.24) is 0 Å². The smallest absolute Gasteiger partial charge is 0.00808 e. The number of benzene rings is 2. The average molecular weight is 222 g/mol. The third kappa shape index (κ3) is 2.00. The van der Waals surface area contributed by atoms with E-state index in [0.29, 0.717) is 5.92 Å². The molecule has 0 fully saturated rings. The van der Waals surface area contributed by atoms with Gasteiger partial charge in [-0.2, -0.15) is 0 Å². The first-order chi connectivity index (χ1) is 8.36. The average Bonchev–Trinajstić information content (AvgIpc) is 2.82. The van der Waals surface area contributed by atoms with E-state index < -0.39 is 0 Å². The number of hydrogen-bond acceptors (Lipinski definition) is 0. The van der Waals surface area contributed by atoms with Crippen LogP contribution in [0.4, 0.5) is 0 Å². The third-order valence-electron chi connectivity index (χ3n) is 3.91. The largest absolute Gasteiger partial charge is 0.0620 e. The van der Waals surface area contributed by atoms with Crippen LogP contribution in [0.2, 0.25) is 0 Å². The van der Waals surface area contributed by atoms with E-state index in [0.717, 1.165) is 6.42 Å². The van der Waals surface area contributed by atoms with E-state index in [1.54, 1.807) is 0 Å². The Bertz CT molecular complexity index is 483. The maximum atomic E-state index is 2.31. The molecule has 2 aromatic carbocycles. The second kappa shape index (κ2) is 4.37. The van der Waals surface area contributed by atoms with Gasteiger partial charge >= 0.3 is 0 Å². The first-order valence-electron chi connectivity index (χ1n) is 6.52. The number of rotatable bonds is 2. The first kappa shape index (κ1) is 10.6. The highest BCUT2D eigenvalue weighted by Gasteiger charge is 2.21. The van der Waals surface area contributed by atoms with Crippen molar-refractivity contribution in [3.8, 4) is 0 Å². The Morgan fingerprint density at radius 2 is 1.47 bits per heavy atom. The molecule has 0 saturated carbocycles. The molecule has 0 N–H and O–H groups in total. The monoisotopic (exact) mass is 222 g/mol. The molecule has 0 saturated heterocycles. The van der Waals surface area contributed by atoms with Crippen LogP contribution >= 0.6 is 0 Å². The summed E-state index contributed by atoms with van der Waals surface area (Å²) in [5.41, 5.74) is 6.01. The summed E-state index contributed by atoms with van der Waals surface area (Å²) in [6, 6.07) is 18.0. The predicted octanol–water partition coefficient (Wildman–Crippen LogP) is 4.13. The van der Waals surface area contributed by atoms with Crippen LogP contribution < -0.4 is 0 Å². The van der Waals surface area contributed by atoms with Crippen LogP contribution in [0, 0.1) is 0 Å². The minimum atomic E-state index is 0.693. The zero-order chi connectivity index (χ0) is 11.7. The van der Waals surface area contributed by atoms with Gasteiger partial charge in [-0.1, -0.05) is 55.5 Å². The van der Waals surface area contributed by atoms with Crippen molar-refractivity contribution >= 4 is 0 Å². The van der Waals surface area contributed by atoms with Crippen molar-refractivity contribution in [2.24, 2.45) is 0 Å². The van der Waals surface area contributed by atoms with Crippen LogP contribution in [-0.4, -0.2) is 0 Å². The summed E-state index contributed by atoms with van der Waals surface area (Å²) in [6.07, 6.45) is 3.55. The Balaban J connectivity index is 1.83. The second-order valence-corrected chi connectivity index (χ2v) is 4.97. The van der Waals surface area contributed by atoms with Gasteiger partial charge < -0.3 is 0 Å². The highest BCUT2D eigenvalue weighted by Crippen LogP contribution is 2.33. The quantitative estimate of drug-likeness (QED) is 0.716. The molecule has 0 spiro atoms. The number of aryl methyl sites for hydroxylation is 1. The summed E-state index contributed by atoms with van der Waals surface area (Å²) in [6.45, 7) is 2.21. The lowest BCUT2D eigenvalue weighted by molar-refractivity contribution is 0.741. The lowest BCUT2D eigenvalue weighted by atomic mass is 9.95. The Kier molecular flexibility index (Phi) is 2.72. The van der Waals surface area contributed by atoms with Gasteiger partial charge in [-0.05, 0) is 47.4 Å². The first-order valence-corrected chi connectivity index (χ1v) is 6.52. The number of fused-ring (bicyclic) bond motifs is 1. The van der Waals surface area contributed by atoms with Gasteiger partial charge in [-0.25, -0.2) is 0 Å². The molecule has 0 unspecified atom stereocenters. The van der Waals surface area contributed by atoms with Crippen molar-refractivity contribution in [3.63, 3.8) is 0 Å². The van der Waals surface area contributed by atoms with Crippen LogP contribution in [0.5, 0.6) is 0 Å². The molecule has 0 aromatic heterocycles. The normalized spacial score (nSPS) is 14.9. The van der Waals surface area contributed by atoms with Crippen molar-refractivity contribution in [3.05, 3.63) is 70.8 Å². The summed E-state index contributed by atoms with van der Waals surface area (Å²) in [4.78, 5) is 0. The van der Waals surface area contributed by atoms with E-state index >= 15 is 0 Å². The van der Waals surface area contributed by atoms with E-state index in [9.17, 15) is 0 Å². The standard InChI is InChI=1S/C17H18/c1-2-13-7-9-14(10-8-13)17-11-15-5-3-4-6-16(15)12-17/h3-10,17H,2,11-12H2,1H3. The molecule has 1 aliphatic carbocycles. The Hall–Kier alpha value is -1.56. The van der Waals surface area contributed by atoms with Gasteiger partial charge in [0.05, 0.1) is 0 Å². The minimum absolute atomic E-state index is 0.693. The molecule has 0 nitrogen and oxygen atoms in total. The topological polar surface area (TPSA) is 0 Å². The molecule has 2 aromatic rings. The van der Waals surface area contributed by atoms with Crippen molar-refractivity contribution in [1.29, 1.82) is 0 Å². The molecule has 3 rings (SSSR count). The Morgan fingerprint density at radius 1 is 0.882 bits per heavy atom. The molecular formula is C17H18. The van der Waals surface area contributed by atoms with Crippen LogP contribution in [0.15, 0.2) is 48.5 Å². The van der Waals surface area contributed by atoms with E-state index in [-0.39, 0.29) is 0 Å². The highest BCUT2D eigenvalue weighted by atomic mass is 14.3. The fourth-order valence-electron chi connectivity index (χ4n) is 2.82. The lowest BCUT2D eigenvalue weighted by Crippen LogP contribution is -1.97. The molecule has 0 atom stereocenters. The summed E-state index contributed by atoms with van der Waals surface area (Å²) < 4.78 is 0. The third-order valence-corrected chi connectivity index (χ3v) is 3.91. The Morgan fingerprint density at radius 3 is 2.00 bits per heavy atom. The molecule has 17 heavy (non-hydrogen) atoms. The van der Waals surface area contributed by atoms with E-state index in [2.05, 4.69) is 55.5 Å². The summed E-state index contributed by atoms with van der Waals surface area (Å²) >= 11 is 0. The van der Waals surface area contributed by atoms with Crippen molar-refractivity contribution in [2.75, 3.05) is 0 Å². The van der Waals surface area contributed by atoms with Gasteiger partial charge in [0, 0.05) is 0 Å². The van der Waals surface area contributed by atoms with Gasteiger partial charge in [0.15, 0.2) is 0 Å². The van der Waals surface area contributed by atoms with Crippen molar-refractivity contribution < 1.29 is 0 Å². The van der Waals surface area contributed by atoms with E-state index in [4.69, 9.17) is 0 Å². The molecule has 0 bridgehead atoms. The van der Waals surface area contributed by atoms with Gasteiger partial charge in [0.2, 0.25) is 0 Å². The minimum Gasteiger partial charge on any atom is -0.0620 e. The summed E-state index contributed by atoms with van der Waals surface area (Å²) in [5.74, 6) is 0.693. The molecule has 0 heteroatoms. The van der Waals surface area contributed by atoms with Crippen LogP contribution in [0.1, 0.15) is 35.1 Å². The summed E-state index contributed by atoms with van der Waals surface area (Å²) in [5, 5.41) is 0. The van der Waals surface area contributed by atoms with Gasteiger partial charge in [0.1, 0.15) is 0 Å². The molecule has 1 aliphatic rings. The van der Waals surface area contributed by atoms with E-state index in [1.165, 1.54) is 35.1 Å². The lowest BCUT2D eigenvalue weighted by Gasteiger charge is -2.09. The van der Waals surface area contributed by atoms with Gasteiger partial charge in [0.25, 0.3) is 0 Å². The number of hydrogen-bond donors (Lipinski definition) is 0. The predicted molar refractivity (Wildman–Crippen MR) is 72.4 cm³/mol. The molecular weight excluding hydrogens is 204 g/mol. The van der Waals surface area contributed by atoms with Crippen molar-refractivity contribution in [2.45, 2.75) is 32.1 Å². The zero-order valence-electron chi connectivity index (χ0n) is 10.3. The molecule has 0 heterocycles. The maximum Gasteiger partial charge on any atom is -0.00808 e. The molecule has 0 amide bonds. The molecule has 0 aliphatic heterocycles. The second-order valence-electron chi connectivity index (χ2n) is 4.97.